The van der Waals surface area contributed by atoms with Crippen LogP contribution in [-0.4, -0.2) is 49.1 Å². The summed E-state index contributed by atoms with van der Waals surface area (Å²) in [6.07, 6.45) is 1.13. The second-order valence-electron chi connectivity index (χ2n) is 4.17. The Kier molecular flexibility index (Phi) is 5.15. The van der Waals surface area contributed by atoms with E-state index in [1.165, 1.54) is 0 Å². The summed E-state index contributed by atoms with van der Waals surface area (Å²) in [7, 11) is 6.24. The molecule has 0 aromatic carbocycles. The minimum absolute atomic E-state index is 0.795. The molecule has 0 saturated carbocycles. The van der Waals surface area contributed by atoms with E-state index in [0.29, 0.717) is 0 Å². The third-order valence-corrected chi connectivity index (χ3v) is 2.69. The maximum Gasteiger partial charge on any atom is 0.133 e. The molecule has 0 atom stereocenters. The summed E-state index contributed by atoms with van der Waals surface area (Å²) in [5.41, 5.74) is 0. The molecule has 1 heterocycles. The minimum atomic E-state index is 0.795. The average molecular weight is 287 g/mol. The van der Waals surface area contributed by atoms with Crippen molar-refractivity contribution in [2.45, 2.75) is 13.3 Å². The number of halogens is 1. The molecular formula is C11H19BrN4. The molecule has 0 aliphatic heterocycles. The topological polar surface area (TPSA) is 32.3 Å². The van der Waals surface area contributed by atoms with Crippen LogP contribution in [0.3, 0.4) is 0 Å². The van der Waals surface area contributed by atoms with Crippen LogP contribution in [0.1, 0.15) is 12.2 Å². The van der Waals surface area contributed by atoms with Crippen molar-refractivity contribution in [2.75, 3.05) is 39.1 Å². The van der Waals surface area contributed by atoms with Crippen LogP contribution in [-0.2, 0) is 0 Å². The molecule has 90 valence electrons. The fourth-order valence-corrected chi connectivity index (χ4v) is 1.91. The van der Waals surface area contributed by atoms with Gasteiger partial charge in [-0.15, -0.1) is 0 Å². The molecule has 1 aromatic rings. The van der Waals surface area contributed by atoms with E-state index >= 15 is 0 Å². The van der Waals surface area contributed by atoms with Gasteiger partial charge in [-0.1, -0.05) is 0 Å². The van der Waals surface area contributed by atoms with Crippen LogP contribution in [0, 0.1) is 6.92 Å². The van der Waals surface area contributed by atoms with Crippen molar-refractivity contribution in [3.8, 4) is 0 Å². The van der Waals surface area contributed by atoms with E-state index in [2.05, 4.69) is 56.8 Å². The highest BCUT2D eigenvalue weighted by Crippen LogP contribution is 2.15. The van der Waals surface area contributed by atoms with Crippen LogP contribution < -0.4 is 4.90 Å². The zero-order valence-electron chi connectivity index (χ0n) is 10.4. The van der Waals surface area contributed by atoms with Gasteiger partial charge in [-0.3, -0.25) is 0 Å². The molecule has 0 saturated heterocycles. The van der Waals surface area contributed by atoms with E-state index in [1.807, 2.05) is 13.0 Å². The predicted octanol–water partition coefficient (Wildman–Crippen LogP) is 1.94. The van der Waals surface area contributed by atoms with Gasteiger partial charge in [-0.2, -0.15) is 0 Å². The number of aryl methyl sites for hydroxylation is 1. The lowest BCUT2D eigenvalue weighted by Gasteiger charge is -2.19. The molecule has 0 radical (unpaired) electrons. The Morgan fingerprint density at radius 3 is 2.44 bits per heavy atom. The Bertz CT molecular complexity index is 321. The number of rotatable bonds is 5. The van der Waals surface area contributed by atoms with E-state index in [9.17, 15) is 0 Å². The number of aromatic nitrogens is 2. The monoisotopic (exact) mass is 286 g/mol. The molecular weight excluding hydrogens is 268 g/mol. The first-order chi connectivity index (χ1) is 7.49. The average Bonchev–Trinajstić information content (AvgIpc) is 2.15. The molecule has 0 aliphatic rings. The van der Waals surface area contributed by atoms with Crippen molar-refractivity contribution in [1.29, 1.82) is 0 Å². The fraction of sp³-hybridized carbons (Fsp3) is 0.636. The molecule has 0 N–H and O–H groups in total. The van der Waals surface area contributed by atoms with Crippen LogP contribution in [0.15, 0.2) is 10.7 Å². The Hall–Kier alpha value is -0.680. The summed E-state index contributed by atoms with van der Waals surface area (Å²) in [4.78, 5) is 12.9. The lowest BCUT2D eigenvalue weighted by Crippen LogP contribution is -2.24. The first-order valence-electron chi connectivity index (χ1n) is 5.36. The summed E-state index contributed by atoms with van der Waals surface area (Å²) in [5.74, 6) is 1.77. The third-order valence-electron chi connectivity index (χ3n) is 2.28. The summed E-state index contributed by atoms with van der Waals surface area (Å²) in [5, 5.41) is 0. The molecule has 4 nitrogen and oxygen atoms in total. The van der Waals surface area contributed by atoms with Crippen molar-refractivity contribution in [1.82, 2.24) is 14.9 Å². The molecule has 0 fully saturated rings. The van der Waals surface area contributed by atoms with Crippen LogP contribution in [0.25, 0.3) is 0 Å². The molecule has 1 rings (SSSR count). The number of hydrogen-bond donors (Lipinski definition) is 0. The maximum absolute atomic E-state index is 4.40. The van der Waals surface area contributed by atoms with E-state index in [4.69, 9.17) is 0 Å². The van der Waals surface area contributed by atoms with Gasteiger partial charge in [0.1, 0.15) is 16.2 Å². The van der Waals surface area contributed by atoms with Gasteiger partial charge in [0.15, 0.2) is 0 Å². The van der Waals surface area contributed by atoms with Gasteiger partial charge in [-0.25, -0.2) is 9.97 Å². The predicted molar refractivity (Wildman–Crippen MR) is 70.9 cm³/mol. The first kappa shape index (κ1) is 13.4. The highest BCUT2D eigenvalue weighted by Gasteiger charge is 2.05. The smallest absolute Gasteiger partial charge is 0.133 e. The number of nitrogens with zero attached hydrogens (tertiary/aromatic N) is 4. The van der Waals surface area contributed by atoms with E-state index in [1.54, 1.807) is 0 Å². The zero-order valence-corrected chi connectivity index (χ0v) is 12.0. The van der Waals surface area contributed by atoms with Crippen molar-refractivity contribution < 1.29 is 0 Å². The van der Waals surface area contributed by atoms with Gasteiger partial charge in [-0.05, 0) is 49.9 Å². The molecule has 0 spiro atoms. The van der Waals surface area contributed by atoms with E-state index in [0.717, 1.165) is 35.8 Å². The lowest BCUT2D eigenvalue weighted by atomic mass is 10.3. The normalized spacial score (nSPS) is 10.9. The van der Waals surface area contributed by atoms with E-state index < -0.39 is 0 Å². The lowest BCUT2D eigenvalue weighted by molar-refractivity contribution is 0.401. The molecule has 16 heavy (non-hydrogen) atoms. The molecule has 0 aliphatic carbocycles. The quantitative estimate of drug-likeness (QED) is 0.775. The summed E-state index contributed by atoms with van der Waals surface area (Å²) in [6.45, 7) is 4.00. The molecule has 0 amide bonds. The summed E-state index contributed by atoms with van der Waals surface area (Å²) >= 11 is 3.39. The van der Waals surface area contributed by atoms with Crippen molar-refractivity contribution in [3.05, 3.63) is 16.5 Å². The van der Waals surface area contributed by atoms with Crippen molar-refractivity contribution >= 4 is 21.7 Å². The van der Waals surface area contributed by atoms with Gasteiger partial charge in [0.2, 0.25) is 0 Å². The number of anilines is 1. The van der Waals surface area contributed by atoms with Crippen LogP contribution in [0.5, 0.6) is 0 Å². The van der Waals surface area contributed by atoms with Gasteiger partial charge >= 0.3 is 0 Å². The Morgan fingerprint density at radius 1 is 1.19 bits per heavy atom. The Labute approximate surface area is 106 Å². The van der Waals surface area contributed by atoms with Crippen LogP contribution in [0.4, 0.5) is 5.82 Å². The summed E-state index contributed by atoms with van der Waals surface area (Å²) < 4.78 is 0.842. The minimum Gasteiger partial charge on any atom is -0.359 e. The van der Waals surface area contributed by atoms with Crippen molar-refractivity contribution in [2.24, 2.45) is 0 Å². The molecule has 5 heteroatoms. The van der Waals surface area contributed by atoms with Gasteiger partial charge in [0.25, 0.3) is 0 Å². The molecule has 0 unspecified atom stereocenters. The second kappa shape index (κ2) is 6.15. The first-order valence-corrected chi connectivity index (χ1v) is 6.15. The molecule has 0 bridgehead atoms. The molecule has 1 aromatic heterocycles. The van der Waals surface area contributed by atoms with Gasteiger partial charge in [0.05, 0.1) is 0 Å². The standard InChI is InChI=1S/C11H19BrN4/c1-9-13-10(12)8-11(14-9)16(4)7-5-6-15(2)3/h8H,5-7H2,1-4H3. The van der Waals surface area contributed by atoms with Crippen LogP contribution >= 0.6 is 15.9 Å². The SMILES string of the molecule is Cc1nc(Br)cc(N(C)CCCN(C)C)n1. The highest BCUT2D eigenvalue weighted by molar-refractivity contribution is 9.10. The second-order valence-corrected chi connectivity index (χ2v) is 4.99. The zero-order chi connectivity index (χ0) is 12.1. The van der Waals surface area contributed by atoms with Gasteiger partial charge in [0, 0.05) is 19.7 Å². The van der Waals surface area contributed by atoms with Gasteiger partial charge < -0.3 is 9.80 Å². The van der Waals surface area contributed by atoms with Crippen LogP contribution in [0.2, 0.25) is 0 Å². The number of hydrogen-bond acceptors (Lipinski definition) is 4. The third kappa shape index (κ3) is 4.45. The largest absolute Gasteiger partial charge is 0.359 e. The Morgan fingerprint density at radius 2 is 1.88 bits per heavy atom. The maximum atomic E-state index is 4.40. The van der Waals surface area contributed by atoms with Crippen molar-refractivity contribution in [3.63, 3.8) is 0 Å². The Balaban J connectivity index is 2.55. The highest BCUT2D eigenvalue weighted by atomic mass is 79.9. The van der Waals surface area contributed by atoms with E-state index in [-0.39, 0.29) is 0 Å². The fourth-order valence-electron chi connectivity index (χ4n) is 1.45. The summed E-state index contributed by atoms with van der Waals surface area (Å²) in [6, 6.07) is 1.95.